The Kier molecular flexibility index (Phi) is 2.88. The molecule has 1 heterocycles. The lowest BCUT2D eigenvalue weighted by Crippen LogP contribution is -1.98. The van der Waals surface area contributed by atoms with Gasteiger partial charge in [-0.05, 0) is 12.1 Å². The minimum atomic E-state index is -0.0417. The van der Waals surface area contributed by atoms with Gasteiger partial charge in [0.1, 0.15) is 0 Å². The fourth-order valence-electron chi connectivity index (χ4n) is 0.764. The third-order valence-corrected chi connectivity index (χ3v) is 1.55. The number of ether oxygens (including phenoxy) is 1. The van der Waals surface area contributed by atoms with Crippen LogP contribution >= 0.6 is 11.6 Å². The van der Waals surface area contributed by atoms with E-state index in [9.17, 15) is 0 Å². The summed E-state index contributed by atoms with van der Waals surface area (Å²) in [6.07, 6.45) is 1.56. The van der Waals surface area contributed by atoms with Crippen molar-refractivity contribution in [3.8, 4) is 5.88 Å². The molecular formula is C7H7ClN2O2. The van der Waals surface area contributed by atoms with Gasteiger partial charge in [-0.25, -0.2) is 4.98 Å². The number of rotatable bonds is 2. The molecule has 12 heavy (non-hydrogen) atoms. The SMILES string of the molecule is COc1ncccc1C(Cl)=NO. The summed E-state index contributed by atoms with van der Waals surface area (Å²) in [6, 6.07) is 3.32. The molecule has 1 N–H and O–H groups in total. The molecule has 0 aromatic carbocycles. The molecule has 1 aromatic heterocycles. The summed E-state index contributed by atoms with van der Waals surface area (Å²) in [5, 5.41) is 11.2. The Bertz CT molecular complexity index is 301. The van der Waals surface area contributed by atoms with E-state index in [2.05, 4.69) is 10.1 Å². The van der Waals surface area contributed by atoms with Crippen LogP contribution in [0.1, 0.15) is 5.56 Å². The first-order valence-corrected chi connectivity index (χ1v) is 3.54. The molecular weight excluding hydrogens is 180 g/mol. The Labute approximate surface area is 74.4 Å². The number of halogens is 1. The molecule has 0 aliphatic carbocycles. The maximum absolute atomic E-state index is 8.38. The minimum Gasteiger partial charge on any atom is -0.480 e. The van der Waals surface area contributed by atoms with E-state index >= 15 is 0 Å². The summed E-state index contributed by atoms with van der Waals surface area (Å²) < 4.78 is 4.88. The van der Waals surface area contributed by atoms with Crippen molar-refractivity contribution in [2.45, 2.75) is 0 Å². The summed E-state index contributed by atoms with van der Waals surface area (Å²) in [5.41, 5.74) is 0.462. The van der Waals surface area contributed by atoms with E-state index in [0.717, 1.165) is 0 Å². The Morgan fingerprint density at radius 3 is 3.08 bits per heavy atom. The number of pyridine rings is 1. The average molecular weight is 187 g/mol. The fourth-order valence-corrected chi connectivity index (χ4v) is 0.908. The Morgan fingerprint density at radius 2 is 2.50 bits per heavy atom. The van der Waals surface area contributed by atoms with Gasteiger partial charge in [0, 0.05) is 6.20 Å². The van der Waals surface area contributed by atoms with Crippen LogP contribution < -0.4 is 4.74 Å². The third-order valence-electron chi connectivity index (χ3n) is 1.27. The summed E-state index contributed by atoms with van der Waals surface area (Å²) in [7, 11) is 1.47. The first kappa shape index (κ1) is 8.80. The second-order valence-electron chi connectivity index (χ2n) is 1.95. The fraction of sp³-hybridized carbons (Fsp3) is 0.143. The largest absolute Gasteiger partial charge is 0.480 e. The maximum atomic E-state index is 8.38. The molecule has 0 aliphatic rings. The standard InChI is InChI=1S/C7H7ClN2O2/c1-12-7-5(6(8)10-11)3-2-4-9-7/h2-4,11H,1H3. The van der Waals surface area contributed by atoms with E-state index in [4.69, 9.17) is 21.5 Å². The van der Waals surface area contributed by atoms with Crippen molar-refractivity contribution in [1.82, 2.24) is 4.98 Å². The molecule has 0 saturated carbocycles. The number of oxime groups is 1. The van der Waals surface area contributed by atoms with Gasteiger partial charge in [0.2, 0.25) is 5.88 Å². The smallest absolute Gasteiger partial charge is 0.223 e. The van der Waals surface area contributed by atoms with Crippen LogP contribution in [0.25, 0.3) is 0 Å². The number of hydrogen-bond acceptors (Lipinski definition) is 4. The van der Waals surface area contributed by atoms with Gasteiger partial charge in [0.25, 0.3) is 0 Å². The zero-order valence-electron chi connectivity index (χ0n) is 6.36. The highest BCUT2D eigenvalue weighted by atomic mass is 35.5. The zero-order valence-corrected chi connectivity index (χ0v) is 7.12. The van der Waals surface area contributed by atoms with Crippen molar-refractivity contribution < 1.29 is 9.94 Å². The quantitative estimate of drug-likeness (QED) is 0.432. The lowest BCUT2D eigenvalue weighted by molar-refractivity contribution is 0.320. The molecule has 1 aromatic rings. The van der Waals surface area contributed by atoms with Crippen molar-refractivity contribution in [2.75, 3.05) is 7.11 Å². The summed E-state index contributed by atoms with van der Waals surface area (Å²) in [4.78, 5) is 3.87. The van der Waals surface area contributed by atoms with Gasteiger partial charge in [-0.1, -0.05) is 16.8 Å². The second kappa shape index (κ2) is 3.92. The summed E-state index contributed by atoms with van der Waals surface area (Å²) in [6.45, 7) is 0. The maximum Gasteiger partial charge on any atom is 0.223 e. The molecule has 5 heteroatoms. The van der Waals surface area contributed by atoms with Crippen LogP contribution in [0.15, 0.2) is 23.5 Å². The van der Waals surface area contributed by atoms with E-state index in [1.807, 2.05) is 0 Å². The Morgan fingerprint density at radius 1 is 1.75 bits per heavy atom. The number of hydrogen-bond donors (Lipinski definition) is 1. The van der Waals surface area contributed by atoms with Crippen LogP contribution in [0.5, 0.6) is 5.88 Å². The summed E-state index contributed by atoms with van der Waals surface area (Å²) >= 11 is 5.55. The molecule has 0 spiro atoms. The molecule has 0 aliphatic heterocycles. The van der Waals surface area contributed by atoms with Gasteiger partial charge < -0.3 is 9.94 Å². The molecule has 0 fully saturated rings. The van der Waals surface area contributed by atoms with Crippen molar-refractivity contribution in [3.05, 3.63) is 23.9 Å². The number of aromatic nitrogens is 1. The third kappa shape index (κ3) is 1.65. The van der Waals surface area contributed by atoms with E-state index in [1.54, 1.807) is 18.3 Å². The van der Waals surface area contributed by atoms with Crippen LogP contribution in [0, 0.1) is 0 Å². The first-order valence-electron chi connectivity index (χ1n) is 3.16. The number of nitrogens with zero attached hydrogens (tertiary/aromatic N) is 2. The van der Waals surface area contributed by atoms with Crippen LogP contribution in [0.3, 0.4) is 0 Å². The first-order chi connectivity index (χ1) is 5.79. The summed E-state index contributed by atoms with van der Waals surface area (Å²) in [5.74, 6) is 0.334. The van der Waals surface area contributed by atoms with Crippen molar-refractivity contribution >= 4 is 16.8 Å². The zero-order chi connectivity index (χ0) is 8.97. The molecule has 64 valence electrons. The molecule has 0 atom stereocenters. The van der Waals surface area contributed by atoms with Gasteiger partial charge in [0.05, 0.1) is 12.7 Å². The van der Waals surface area contributed by atoms with Crippen molar-refractivity contribution in [1.29, 1.82) is 0 Å². The van der Waals surface area contributed by atoms with Crippen LogP contribution in [-0.4, -0.2) is 22.5 Å². The van der Waals surface area contributed by atoms with Crippen LogP contribution in [-0.2, 0) is 0 Å². The van der Waals surface area contributed by atoms with E-state index in [-0.39, 0.29) is 5.17 Å². The van der Waals surface area contributed by atoms with Gasteiger partial charge in [-0.3, -0.25) is 0 Å². The van der Waals surface area contributed by atoms with Gasteiger partial charge in [-0.2, -0.15) is 0 Å². The lowest BCUT2D eigenvalue weighted by Gasteiger charge is -2.02. The van der Waals surface area contributed by atoms with Gasteiger partial charge >= 0.3 is 0 Å². The minimum absolute atomic E-state index is 0.0417. The molecule has 1 rings (SSSR count). The van der Waals surface area contributed by atoms with E-state index < -0.39 is 0 Å². The van der Waals surface area contributed by atoms with E-state index in [0.29, 0.717) is 11.4 Å². The molecule has 0 unspecified atom stereocenters. The molecule has 0 radical (unpaired) electrons. The van der Waals surface area contributed by atoms with Gasteiger partial charge in [-0.15, -0.1) is 0 Å². The highest BCUT2D eigenvalue weighted by Gasteiger charge is 2.07. The van der Waals surface area contributed by atoms with E-state index in [1.165, 1.54) is 7.11 Å². The Hall–Kier alpha value is -1.29. The average Bonchev–Trinajstić information content (AvgIpc) is 2.16. The number of methoxy groups -OCH3 is 1. The van der Waals surface area contributed by atoms with Crippen LogP contribution in [0.4, 0.5) is 0 Å². The topological polar surface area (TPSA) is 54.7 Å². The Balaban J connectivity index is 3.13. The highest BCUT2D eigenvalue weighted by molar-refractivity contribution is 6.69. The lowest BCUT2D eigenvalue weighted by atomic mass is 10.3. The molecule has 4 nitrogen and oxygen atoms in total. The predicted molar refractivity (Wildman–Crippen MR) is 45.0 cm³/mol. The second-order valence-corrected chi connectivity index (χ2v) is 2.31. The molecule has 0 amide bonds. The highest BCUT2D eigenvalue weighted by Crippen LogP contribution is 2.16. The predicted octanol–water partition coefficient (Wildman–Crippen LogP) is 1.46. The van der Waals surface area contributed by atoms with Gasteiger partial charge in [0.15, 0.2) is 5.17 Å². The normalized spacial score (nSPS) is 11.3. The molecule has 0 saturated heterocycles. The van der Waals surface area contributed by atoms with Crippen LogP contribution in [0.2, 0.25) is 0 Å². The molecule has 0 bridgehead atoms. The monoisotopic (exact) mass is 186 g/mol. The van der Waals surface area contributed by atoms with Crippen molar-refractivity contribution in [2.24, 2.45) is 5.16 Å². The van der Waals surface area contributed by atoms with Crippen molar-refractivity contribution in [3.63, 3.8) is 0 Å².